The molecule has 2 aliphatic carbocycles. The second-order valence-electron chi connectivity index (χ2n) is 13.4. The second-order valence-corrected chi connectivity index (χ2v) is 13.4. The average Bonchev–Trinajstić information content (AvgIpc) is 3.06. The van der Waals surface area contributed by atoms with Gasteiger partial charge >= 0.3 is 13.0 Å². The first-order valence-electron chi connectivity index (χ1n) is 16.8. The van der Waals surface area contributed by atoms with E-state index in [-0.39, 0.29) is 16.9 Å². The third-order valence-electron chi connectivity index (χ3n) is 9.76. The van der Waals surface area contributed by atoms with Gasteiger partial charge in [-0.15, -0.1) is 13.2 Å². The fraction of sp³-hybridized carbons (Fsp3) is 0.400. The fourth-order valence-electron chi connectivity index (χ4n) is 6.86. The van der Waals surface area contributed by atoms with Crippen molar-refractivity contribution in [2.75, 3.05) is 0 Å². The zero-order valence-electron chi connectivity index (χ0n) is 27.6. The first-order chi connectivity index (χ1) is 23.3. The van der Waals surface area contributed by atoms with Crippen molar-refractivity contribution in [3.8, 4) is 33.8 Å². The molecule has 262 valence electrons. The van der Waals surface area contributed by atoms with Gasteiger partial charge in [-0.05, 0) is 108 Å². The summed E-state index contributed by atoms with van der Waals surface area (Å²) in [5, 5.41) is 0. The minimum absolute atomic E-state index is 0.149. The topological polar surface area (TPSA) is 18.5 Å². The molecule has 9 heteroatoms. The lowest BCUT2D eigenvalue weighted by Gasteiger charge is -2.26. The fourth-order valence-corrected chi connectivity index (χ4v) is 6.86. The number of hydrogen-bond donors (Lipinski definition) is 0. The van der Waals surface area contributed by atoms with Crippen LogP contribution >= 0.6 is 0 Å². The molecule has 0 aromatic heterocycles. The highest BCUT2D eigenvalue weighted by molar-refractivity contribution is 5.66. The molecule has 0 heterocycles. The highest BCUT2D eigenvalue weighted by atomic mass is 19.4. The Morgan fingerprint density at radius 3 is 1.55 bits per heavy atom. The molecule has 2 aliphatic rings. The van der Waals surface area contributed by atoms with E-state index in [0.717, 1.165) is 60.4 Å². The van der Waals surface area contributed by atoms with Crippen LogP contribution in [0.2, 0.25) is 0 Å². The molecule has 4 aromatic carbocycles. The van der Waals surface area contributed by atoms with Gasteiger partial charge in [0.05, 0.1) is 0 Å². The average molecular weight is 687 g/mol. The van der Waals surface area contributed by atoms with E-state index in [9.17, 15) is 30.7 Å². The van der Waals surface area contributed by atoms with Crippen LogP contribution in [0.25, 0.3) is 22.3 Å². The lowest BCUT2D eigenvalue weighted by molar-refractivity contribution is -0.275. The van der Waals surface area contributed by atoms with Gasteiger partial charge in [-0.2, -0.15) is 8.78 Å². The maximum atomic E-state index is 14.5. The Balaban J connectivity index is 0.000000192. The molecule has 0 N–H and O–H groups in total. The van der Waals surface area contributed by atoms with Crippen molar-refractivity contribution in [1.82, 2.24) is 0 Å². The summed E-state index contributed by atoms with van der Waals surface area (Å²) in [6, 6.07) is 23.2. The Hall–Kier alpha value is -4.01. The summed E-state index contributed by atoms with van der Waals surface area (Å²) in [4.78, 5) is 0. The summed E-state index contributed by atoms with van der Waals surface area (Å²) >= 11 is 0. The molecule has 2 nitrogen and oxygen atoms in total. The van der Waals surface area contributed by atoms with Crippen LogP contribution in [0.1, 0.15) is 88.2 Å². The number of alkyl halides is 5. The minimum atomic E-state index is -4.98. The standard InChI is InChI=1S/C20H19F5O.C20H22F2O/c1-12-2-4-13(5-3-12)14-6-8-16(17(21)10-14)15-7-9-19(18(22)11-15)26-20(23,24)25;1-14-2-4-15(5-3-14)16-6-8-17(9-7-16)18-10-12-19(13-11-18)23-20(21)22/h6-13H,2-5H2,1H3;6-15,20H,2-5H2,1H3. The van der Waals surface area contributed by atoms with Gasteiger partial charge in [-0.1, -0.05) is 94.1 Å². The largest absolute Gasteiger partial charge is 0.573 e. The molecule has 2 saturated carbocycles. The monoisotopic (exact) mass is 686 g/mol. The Morgan fingerprint density at radius 2 is 1.06 bits per heavy atom. The first kappa shape index (κ1) is 36.3. The van der Waals surface area contributed by atoms with E-state index >= 15 is 0 Å². The quantitative estimate of drug-likeness (QED) is 0.180. The van der Waals surface area contributed by atoms with Crippen LogP contribution in [0.15, 0.2) is 84.9 Å². The molecule has 49 heavy (non-hydrogen) atoms. The summed E-state index contributed by atoms with van der Waals surface area (Å²) in [5.41, 5.74) is 4.75. The lowest BCUT2D eigenvalue weighted by Crippen LogP contribution is -2.17. The second kappa shape index (κ2) is 16.1. The SMILES string of the molecule is CC1CCC(c2ccc(-c3ccc(OC(F)(F)F)c(F)c3)c(F)c2)CC1.CC1CCC(c2ccc(-c3ccc(OC(F)F)cc3)cc2)CC1. The highest BCUT2D eigenvalue weighted by Gasteiger charge is 2.32. The Bertz CT molecular complexity index is 1640. The van der Waals surface area contributed by atoms with Crippen LogP contribution in [0.3, 0.4) is 0 Å². The van der Waals surface area contributed by atoms with Crippen molar-refractivity contribution in [3.05, 3.63) is 108 Å². The summed E-state index contributed by atoms with van der Waals surface area (Å²) in [7, 11) is 0. The molecule has 0 unspecified atom stereocenters. The third kappa shape index (κ3) is 10.2. The Labute approximate surface area is 283 Å². The maximum absolute atomic E-state index is 14.5. The molecule has 0 aliphatic heterocycles. The molecular formula is C40H41F7O2. The predicted molar refractivity (Wildman–Crippen MR) is 178 cm³/mol. The van der Waals surface area contributed by atoms with Gasteiger partial charge in [0.15, 0.2) is 11.6 Å². The van der Waals surface area contributed by atoms with Crippen LogP contribution < -0.4 is 9.47 Å². The van der Waals surface area contributed by atoms with Gasteiger partial charge in [-0.25, -0.2) is 8.78 Å². The van der Waals surface area contributed by atoms with Gasteiger partial charge < -0.3 is 9.47 Å². The van der Waals surface area contributed by atoms with Crippen LogP contribution in [0, 0.1) is 23.5 Å². The van der Waals surface area contributed by atoms with Crippen molar-refractivity contribution in [1.29, 1.82) is 0 Å². The smallest absolute Gasteiger partial charge is 0.435 e. The minimum Gasteiger partial charge on any atom is -0.435 e. The van der Waals surface area contributed by atoms with Crippen molar-refractivity contribution < 1.29 is 40.2 Å². The van der Waals surface area contributed by atoms with Gasteiger partial charge in [0.1, 0.15) is 11.6 Å². The number of benzene rings is 4. The van der Waals surface area contributed by atoms with E-state index in [0.29, 0.717) is 17.8 Å². The molecule has 6 rings (SSSR count). The predicted octanol–water partition coefficient (Wildman–Crippen LogP) is 13.1. The maximum Gasteiger partial charge on any atom is 0.573 e. The van der Waals surface area contributed by atoms with Gasteiger partial charge in [-0.3, -0.25) is 0 Å². The van der Waals surface area contributed by atoms with Gasteiger partial charge in [0, 0.05) is 5.56 Å². The molecule has 0 bridgehead atoms. The number of rotatable bonds is 7. The number of halogens is 7. The van der Waals surface area contributed by atoms with E-state index in [2.05, 4.69) is 47.6 Å². The van der Waals surface area contributed by atoms with Crippen molar-refractivity contribution in [2.45, 2.75) is 90.0 Å². The normalized spacial score (nSPS) is 21.1. The van der Waals surface area contributed by atoms with E-state index < -0.39 is 30.4 Å². The molecular weight excluding hydrogens is 645 g/mol. The Morgan fingerprint density at radius 1 is 0.571 bits per heavy atom. The van der Waals surface area contributed by atoms with E-state index in [1.165, 1.54) is 43.4 Å². The highest BCUT2D eigenvalue weighted by Crippen LogP contribution is 2.38. The molecule has 0 atom stereocenters. The van der Waals surface area contributed by atoms with Gasteiger partial charge in [0.2, 0.25) is 0 Å². The van der Waals surface area contributed by atoms with E-state index in [4.69, 9.17) is 0 Å². The molecule has 2 fully saturated rings. The zero-order valence-corrected chi connectivity index (χ0v) is 27.6. The van der Waals surface area contributed by atoms with Crippen LogP contribution in [0.5, 0.6) is 11.5 Å². The summed E-state index contributed by atoms with van der Waals surface area (Å²) in [6.07, 6.45) is 4.46. The van der Waals surface area contributed by atoms with Crippen LogP contribution in [-0.2, 0) is 0 Å². The molecule has 0 radical (unpaired) electrons. The summed E-state index contributed by atoms with van der Waals surface area (Å²) in [5.74, 6) is 0.104. The number of hydrogen-bond acceptors (Lipinski definition) is 2. The molecule has 0 amide bonds. The van der Waals surface area contributed by atoms with E-state index in [1.54, 1.807) is 18.2 Å². The van der Waals surface area contributed by atoms with Crippen LogP contribution in [0.4, 0.5) is 30.7 Å². The van der Waals surface area contributed by atoms with Crippen molar-refractivity contribution >= 4 is 0 Å². The molecule has 4 aromatic rings. The number of ether oxygens (including phenoxy) is 2. The van der Waals surface area contributed by atoms with Gasteiger partial charge in [0.25, 0.3) is 0 Å². The Kier molecular flexibility index (Phi) is 11.9. The van der Waals surface area contributed by atoms with Crippen molar-refractivity contribution in [2.24, 2.45) is 11.8 Å². The summed E-state index contributed by atoms with van der Waals surface area (Å²) < 4.78 is 97.3. The molecule has 0 saturated heterocycles. The summed E-state index contributed by atoms with van der Waals surface area (Å²) in [6.45, 7) is 1.76. The third-order valence-corrected chi connectivity index (χ3v) is 9.76. The molecule has 0 spiro atoms. The van der Waals surface area contributed by atoms with Crippen molar-refractivity contribution in [3.63, 3.8) is 0 Å². The lowest BCUT2D eigenvalue weighted by atomic mass is 9.79. The van der Waals surface area contributed by atoms with E-state index in [1.807, 2.05) is 18.2 Å². The van der Waals surface area contributed by atoms with Crippen LogP contribution in [-0.4, -0.2) is 13.0 Å². The zero-order chi connectivity index (χ0) is 35.1. The first-order valence-corrected chi connectivity index (χ1v) is 16.8.